The van der Waals surface area contributed by atoms with E-state index in [2.05, 4.69) is 0 Å². The normalized spacial score (nSPS) is 17.6. The second-order valence-electron chi connectivity index (χ2n) is 6.63. The fraction of sp³-hybridized carbons (Fsp3) is 0.588. The maximum Gasteiger partial charge on any atom is 0.244 e. The molecule has 0 spiro atoms. The molecule has 1 atom stereocenters. The minimum absolute atomic E-state index is 0.0471. The van der Waals surface area contributed by atoms with E-state index in [9.17, 15) is 9.90 Å². The van der Waals surface area contributed by atoms with Crippen LogP contribution in [0.15, 0.2) is 24.3 Å². The van der Waals surface area contributed by atoms with Crippen LogP contribution in [-0.4, -0.2) is 55.1 Å². The molecule has 0 bridgehead atoms. The first-order chi connectivity index (χ1) is 9.88. The molecule has 0 heterocycles. The highest BCUT2D eigenvalue weighted by Gasteiger charge is 2.44. The molecule has 1 aliphatic rings. The van der Waals surface area contributed by atoms with E-state index in [0.29, 0.717) is 6.54 Å². The fourth-order valence-corrected chi connectivity index (χ4v) is 2.74. The highest BCUT2D eigenvalue weighted by molar-refractivity contribution is 5.83. The lowest BCUT2D eigenvalue weighted by Gasteiger charge is -2.30. The van der Waals surface area contributed by atoms with E-state index in [4.69, 9.17) is 0 Å². The molecule has 0 saturated heterocycles. The van der Waals surface area contributed by atoms with Crippen LogP contribution in [0.25, 0.3) is 0 Å². The Kier molecular flexibility index (Phi) is 4.69. The van der Waals surface area contributed by atoms with Gasteiger partial charge in [0, 0.05) is 19.0 Å². The number of aryl methyl sites for hydroxylation is 1. The van der Waals surface area contributed by atoms with E-state index in [1.165, 1.54) is 5.56 Å². The van der Waals surface area contributed by atoms with Gasteiger partial charge in [-0.2, -0.15) is 0 Å². The smallest absolute Gasteiger partial charge is 0.244 e. The molecule has 21 heavy (non-hydrogen) atoms. The Bertz CT molecular complexity index is 492. The van der Waals surface area contributed by atoms with Gasteiger partial charge < -0.3 is 10.0 Å². The van der Waals surface area contributed by atoms with Crippen molar-refractivity contribution in [2.45, 2.75) is 25.8 Å². The zero-order chi connectivity index (χ0) is 15.6. The molecule has 1 aromatic rings. The lowest BCUT2D eigenvalue weighted by molar-refractivity contribution is -0.136. The second kappa shape index (κ2) is 6.16. The van der Waals surface area contributed by atoms with Crippen molar-refractivity contribution < 1.29 is 9.90 Å². The van der Waals surface area contributed by atoms with Crippen molar-refractivity contribution in [3.63, 3.8) is 0 Å². The summed E-state index contributed by atoms with van der Waals surface area (Å²) in [6.07, 6.45) is 2.02. The van der Waals surface area contributed by atoms with E-state index in [0.717, 1.165) is 18.4 Å². The number of amides is 1. The van der Waals surface area contributed by atoms with E-state index in [-0.39, 0.29) is 24.0 Å². The Hall–Kier alpha value is -1.39. The number of aliphatic hydroxyl groups excluding tert-OH is 1. The van der Waals surface area contributed by atoms with Crippen LogP contribution in [0, 0.1) is 12.3 Å². The molecule has 1 amide bonds. The number of rotatable bonds is 6. The van der Waals surface area contributed by atoms with E-state index in [1.54, 1.807) is 4.90 Å². The van der Waals surface area contributed by atoms with Gasteiger partial charge in [0.05, 0.1) is 6.61 Å². The molecule has 1 fully saturated rings. The third-order valence-electron chi connectivity index (χ3n) is 4.38. The predicted molar refractivity (Wildman–Crippen MR) is 84.0 cm³/mol. The second-order valence-corrected chi connectivity index (χ2v) is 6.63. The van der Waals surface area contributed by atoms with E-state index in [1.807, 2.05) is 57.2 Å². The van der Waals surface area contributed by atoms with Gasteiger partial charge in [-0.3, -0.25) is 9.69 Å². The lowest BCUT2D eigenvalue weighted by atomic mass is 10.0. The van der Waals surface area contributed by atoms with Gasteiger partial charge in [0.2, 0.25) is 5.91 Å². The third kappa shape index (κ3) is 3.63. The summed E-state index contributed by atoms with van der Waals surface area (Å²) in [5.41, 5.74) is 2.15. The molecular formula is C17H26N2O2. The molecule has 1 N–H and O–H groups in total. The van der Waals surface area contributed by atoms with Crippen molar-refractivity contribution in [3.05, 3.63) is 35.4 Å². The molecule has 1 saturated carbocycles. The molecule has 116 valence electrons. The van der Waals surface area contributed by atoms with Gasteiger partial charge in [0.25, 0.3) is 0 Å². The number of hydrogen-bond donors (Lipinski definition) is 1. The lowest BCUT2D eigenvalue weighted by Crippen LogP contribution is -2.41. The monoisotopic (exact) mass is 290 g/mol. The molecular weight excluding hydrogens is 264 g/mol. The van der Waals surface area contributed by atoms with Crippen LogP contribution >= 0.6 is 0 Å². The first-order valence-electron chi connectivity index (χ1n) is 7.47. The summed E-state index contributed by atoms with van der Waals surface area (Å²) in [5, 5.41) is 9.43. The van der Waals surface area contributed by atoms with Gasteiger partial charge in [-0.05, 0) is 39.4 Å². The summed E-state index contributed by atoms with van der Waals surface area (Å²) in [5.74, 6) is 0.0866. The Labute approximate surface area is 127 Å². The van der Waals surface area contributed by atoms with Crippen LogP contribution in [0.2, 0.25) is 0 Å². The van der Waals surface area contributed by atoms with Crippen LogP contribution in [-0.2, 0) is 4.79 Å². The summed E-state index contributed by atoms with van der Waals surface area (Å²) in [6.45, 7) is 2.85. The van der Waals surface area contributed by atoms with Crippen molar-refractivity contribution in [3.8, 4) is 0 Å². The van der Waals surface area contributed by atoms with Crippen molar-refractivity contribution >= 4 is 5.91 Å². The summed E-state index contributed by atoms with van der Waals surface area (Å²) < 4.78 is 0. The molecule has 1 aromatic carbocycles. The number of nitrogens with zero attached hydrogens (tertiary/aromatic N) is 2. The predicted octanol–water partition coefficient (Wildman–Crippen LogP) is 1.83. The Morgan fingerprint density at radius 2 is 1.81 bits per heavy atom. The van der Waals surface area contributed by atoms with Crippen molar-refractivity contribution in [1.29, 1.82) is 0 Å². The number of hydrogen-bond acceptors (Lipinski definition) is 3. The van der Waals surface area contributed by atoms with Crippen LogP contribution in [0.3, 0.4) is 0 Å². The Balaban J connectivity index is 2.14. The van der Waals surface area contributed by atoms with Crippen LogP contribution in [0.5, 0.6) is 0 Å². The first kappa shape index (κ1) is 16.0. The van der Waals surface area contributed by atoms with Crippen LogP contribution in [0.1, 0.15) is 30.0 Å². The third-order valence-corrected chi connectivity index (χ3v) is 4.38. The zero-order valence-corrected chi connectivity index (χ0v) is 13.5. The van der Waals surface area contributed by atoms with Gasteiger partial charge >= 0.3 is 0 Å². The number of benzene rings is 1. The summed E-state index contributed by atoms with van der Waals surface area (Å²) in [4.78, 5) is 16.5. The van der Waals surface area contributed by atoms with Crippen molar-refractivity contribution in [1.82, 2.24) is 9.80 Å². The van der Waals surface area contributed by atoms with Gasteiger partial charge in [0.15, 0.2) is 0 Å². The minimum Gasteiger partial charge on any atom is -0.396 e. The average molecular weight is 290 g/mol. The molecule has 2 rings (SSSR count). The number of carbonyl (C=O) groups is 1. The standard InChI is InChI=1S/C17H26N2O2/c1-13-5-7-14(8-6-13)15(18(2)3)16(21)19(4)11-17(12-20)9-10-17/h5-8,15,20H,9-12H2,1-4H3/t15-/m1/s1. The minimum atomic E-state index is -0.273. The number of aliphatic hydroxyl groups is 1. The Morgan fingerprint density at radius 1 is 1.24 bits per heavy atom. The fourth-order valence-electron chi connectivity index (χ4n) is 2.74. The average Bonchev–Trinajstić information content (AvgIpc) is 3.21. The van der Waals surface area contributed by atoms with Crippen LogP contribution < -0.4 is 0 Å². The van der Waals surface area contributed by atoms with Gasteiger partial charge in [-0.25, -0.2) is 0 Å². The molecule has 4 heteroatoms. The molecule has 0 aromatic heterocycles. The maximum atomic E-state index is 12.8. The van der Waals surface area contributed by atoms with E-state index < -0.39 is 0 Å². The van der Waals surface area contributed by atoms with Crippen molar-refractivity contribution in [2.75, 3.05) is 34.3 Å². The molecule has 0 aliphatic heterocycles. The van der Waals surface area contributed by atoms with Crippen molar-refractivity contribution in [2.24, 2.45) is 5.41 Å². The molecule has 1 aliphatic carbocycles. The topological polar surface area (TPSA) is 43.8 Å². The SMILES string of the molecule is Cc1ccc([C@H](C(=O)N(C)CC2(CO)CC2)N(C)C)cc1. The van der Waals surface area contributed by atoms with Crippen LogP contribution in [0.4, 0.5) is 0 Å². The van der Waals surface area contributed by atoms with E-state index >= 15 is 0 Å². The van der Waals surface area contributed by atoms with Gasteiger partial charge in [-0.15, -0.1) is 0 Å². The Morgan fingerprint density at radius 3 is 2.24 bits per heavy atom. The number of likely N-dealkylation sites (N-methyl/N-ethyl adjacent to an activating group) is 2. The highest BCUT2D eigenvalue weighted by Crippen LogP contribution is 2.45. The van der Waals surface area contributed by atoms with Gasteiger partial charge in [0.1, 0.15) is 6.04 Å². The summed E-state index contributed by atoms with van der Waals surface area (Å²) in [7, 11) is 5.69. The molecule has 4 nitrogen and oxygen atoms in total. The highest BCUT2D eigenvalue weighted by atomic mass is 16.3. The zero-order valence-electron chi connectivity index (χ0n) is 13.5. The number of carbonyl (C=O) groups excluding carboxylic acids is 1. The maximum absolute atomic E-state index is 12.8. The largest absolute Gasteiger partial charge is 0.396 e. The summed E-state index contributed by atoms with van der Waals surface area (Å²) >= 11 is 0. The summed E-state index contributed by atoms with van der Waals surface area (Å²) in [6, 6.07) is 7.84. The first-order valence-corrected chi connectivity index (χ1v) is 7.47. The molecule has 0 unspecified atom stereocenters. The molecule has 0 radical (unpaired) electrons. The van der Waals surface area contributed by atoms with Gasteiger partial charge in [-0.1, -0.05) is 29.8 Å². The quantitative estimate of drug-likeness (QED) is 0.869.